The van der Waals surface area contributed by atoms with Gasteiger partial charge >= 0.3 is 5.97 Å². The Hall–Kier alpha value is -3.43. The number of carbonyl (C=O) groups excluding carboxylic acids is 2. The number of thiazole rings is 1. The Kier molecular flexibility index (Phi) is 7.54. The Morgan fingerprint density at radius 1 is 1.09 bits per heavy atom. The number of nitrogens with zero attached hydrogens (tertiary/aromatic N) is 2. The fourth-order valence-electron chi connectivity index (χ4n) is 3.27. The van der Waals surface area contributed by atoms with Crippen molar-refractivity contribution in [3.05, 3.63) is 65.2 Å². The zero-order valence-electron chi connectivity index (χ0n) is 18.2. The maximum atomic E-state index is 12.5. The van der Waals surface area contributed by atoms with Crippen LogP contribution in [-0.4, -0.2) is 61.8 Å². The zero-order valence-corrected chi connectivity index (χ0v) is 19.0. The smallest absolute Gasteiger partial charge is 0.338 e. The Morgan fingerprint density at radius 3 is 2.64 bits per heavy atom. The van der Waals surface area contributed by atoms with E-state index in [0.717, 1.165) is 10.6 Å². The van der Waals surface area contributed by atoms with Gasteiger partial charge in [0, 0.05) is 24.0 Å². The van der Waals surface area contributed by atoms with Crippen LogP contribution in [0.5, 0.6) is 11.5 Å². The van der Waals surface area contributed by atoms with Gasteiger partial charge < -0.3 is 23.8 Å². The highest BCUT2D eigenvalue weighted by atomic mass is 32.1. The van der Waals surface area contributed by atoms with Crippen molar-refractivity contribution in [3.8, 4) is 22.1 Å². The predicted molar refractivity (Wildman–Crippen MR) is 123 cm³/mol. The standard InChI is InChI=1S/C24H24N2O6S/c1-29-21-13-18(7-8-20(21)31-15-22(27)26-9-11-30-12-10-26)24(28)32-14-19-16-33-23(25-19)17-5-3-2-4-6-17/h2-8,13,16H,9-12,14-15H2,1H3. The third-order valence-corrected chi connectivity index (χ3v) is 5.98. The molecule has 0 unspecified atom stereocenters. The van der Waals surface area contributed by atoms with Crippen LogP contribution in [0.3, 0.4) is 0 Å². The van der Waals surface area contributed by atoms with Crippen molar-refractivity contribution in [2.24, 2.45) is 0 Å². The highest BCUT2D eigenvalue weighted by Gasteiger charge is 2.19. The van der Waals surface area contributed by atoms with E-state index >= 15 is 0 Å². The average molecular weight is 469 g/mol. The van der Waals surface area contributed by atoms with Gasteiger partial charge in [0.15, 0.2) is 18.1 Å². The lowest BCUT2D eigenvalue weighted by Crippen LogP contribution is -2.43. The Morgan fingerprint density at radius 2 is 1.88 bits per heavy atom. The number of benzene rings is 2. The summed E-state index contributed by atoms with van der Waals surface area (Å²) in [5.41, 5.74) is 2.02. The van der Waals surface area contributed by atoms with Crippen LogP contribution >= 0.6 is 11.3 Å². The molecular weight excluding hydrogens is 444 g/mol. The van der Waals surface area contributed by atoms with E-state index in [1.807, 2.05) is 35.7 Å². The minimum absolute atomic E-state index is 0.0663. The molecule has 33 heavy (non-hydrogen) atoms. The molecule has 1 amide bonds. The number of ether oxygens (including phenoxy) is 4. The lowest BCUT2D eigenvalue weighted by molar-refractivity contribution is -0.137. The summed E-state index contributed by atoms with van der Waals surface area (Å²) < 4.78 is 21.6. The van der Waals surface area contributed by atoms with Crippen molar-refractivity contribution < 1.29 is 28.5 Å². The second-order valence-electron chi connectivity index (χ2n) is 7.23. The highest BCUT2D eigenvalue weighted by molar-refractivity contribution is 7.13. The largest absolute Gasteiger partial charge is 0.493 e. The first kappa shape index (κ1) is 22.8. The molecule has 2 heterocycles. The molecule has 2 aromatic carbocycles. The third-order valence-electron chi connectivity index (χ3n) is 5.04. The van der Waals surface area contributed by atoms with Gasteiger partial charge in [0.2, 0.25) is 0 Å². The molecule has 0 spiro atoms. The minimum atomic E-state index is -0.501. The van der Waals surface area contributed by atoms with E-state index in [4.69, 9.17) is 18.9 Å². The van der Waals surface area contributed by atoms with E-state index in [1.54, 1.807) is 17.0 Å². The number of hydrogen-bond acceptors (Lipinski definition) is 8. The van der Waals surface area contributed by atoms with Gasteiger partial charge in [0.1, 0.15) is 11.6 Å². The normalized spacial score (nSPS) is 13.4. The maximum absolute atomic E-state index is 12.5. The molecule has 0 bridgehead atoms. The summed E-state index contributed by atoms with van der Waals surface area (Å²) >= 11 is 1.50. The van der Waals surface area contributed by atoms with Crippen molar-refractivity contribution in [3.63, 3.8) is 0 Å². The highest BCUT2D eigenvalue weighted by Crippen LogP contribution is 2.29. The van der Waals surface area contributed by atoms with E-state index in [1.165, 1.54) is 24.5 Å². The number of rotatable bonds is 8. The molecule has 1 fully saturated rings. The van der Waals surface area contributed by atoms with Gasteiger partial charge in [-0.25, -0.2) is 9.78 Å². The lowest BCUT2D eigenvalue weighted by atomic mass is 10.2. The number of amides is 1. The van der Waals surface area contributed by atoms with Gasteiger partial charge in [-0.2, -0.15) is 0 Å². The van der Waals surface area contributed by atoms with Crippen molar-refractivity contribution in [1.82, 2.24) is 9.88 Å². The molecule has 1 aromatic heterocycles. The number of hydrogen-bond donors (Lipinski definition) is 0. The Labute approximate surface area is 195 Å². The van der Waals surface area contributed by atoms with Crippen molar-refractivity contribution in [1.29, 1.82) is 0 Å². The van der Waals surface area contributed by atoms with E-state index in [0.29, 0.717) is 49.1 Å². The van der Waals surface area contributed by atoms with Crippen LogP contribution in [0.15, 0.2) is 53.9 Å². The van der Waals surface area contributed by atoms with E-state index in [-0.39, 0.29) is 19.1 Å². The van der Waals surface area contributed by atoms with Gasteiger partial charge in [-0.1, -0.05) is 30.3 Å². The van der Waals surface area contributed by atoms with Gasteiger partial charge in [0.25, 0.3) is 5.91 Å². The molecule has 0 atom stereocenters. The van der Waals surface area contributed by atoms with E-state index < -0.39 is 5.97 Å². The van der Waals surface area contributed by atoms with Crippen molar-refractivity contribution >= 4 is 23.2 Å². The van der Waals surface area contributed by atoms with Crippen LogP contribution < -0.4 is 9.47 Å². The van der Waals surface area contributed by atoms with Crippen LogP contribution in [-0.2, 0) is 20.9 Å². The average Bonchev–Trinajstić information content (AvgIpc) is 3.36. The van der Waals surface area contributed by atoms with Crippen LogP contribution in [0.4, 0.5) is 0 Å². The first-order chi connectivity index (χ1) is 16.1. The third kappa shape index (κ3) is 5.88. The topological polar surface area (TPSA) is 87.2 Å². The fraction of sp³-hybridized carbons (Fsp3) is 0.292. The molecule has 4 rings (SSSR count). The van der Waals surface area contributed by atoms with E-state index in [2.05, 4.69) is 4.98 Å². The Bertz CT molecular complexity index is 1100. The first-order valence-corrected chi connectivity index (χ1v) is 11.4. The molecule has 172 valence electrons. The molecular formula is C24H24N2O6S. The molecule has 0 N–H and O–H groups in total. The van der Waals surface area contributed by atoms with Crippen molar-refractivity contribution in [2.45, 2.75) is 6.61 Å². The molecule has 3 aromatic rings. The summed E-state index contributed by atoms with van der Waals surface area (Å²) in [6.07, 6.45) is 0. The summed E-state index contributed by atoms with van der Waals surface area (Å²) in [6, 6.07) is 14.5. The SMILES string of the molecule is COc1cc(C(=O)OCc2csc(-c3ccccc3)n2)ccc1OCC(=O)N1CCOCC1. The van der Waals surface area contributed by atoms with Crippen LogP contribution in [0.25, 0.3) is 10.6 Å². The summed E-state index contributed by atoms with van der Waals surface area (Å²) in [5.74, 6) is 0.0994. The molecule has 1 saturated heterocycles. The predicted octanol–water partition coefficient (Wildman–Crippen LogP) is 3.41. The Balaban J connectivity index is 1.33. The summed E-state index contributed by atoms with van der Waals surface area (Å²) in [4.78, 5) is 31.0. The molecule has 0 aliphatic carbocycles. The number of methoxy groups -OCH3 is 1. The quantitative estimate of drug-likeness (QED) is 0.468. The first-order valence-electron chi connectivity index (χ1n) is 10.5. The number of carbonyl (C=O) groups is 2. The summed E-state index contributed by atoms with van der Waals surface area (Å²) in [6.45, 7) is 2.11. The van der Waals surface area contributed by atoms with Crippen LogP contribution in [0.1, 0.15) is 16.1 Å². The molecule has 1 aliphatic rings. The second-order valence-corrected chi connectivity index (χ2v) is 8.09. The molecule has 1 aliphatic heterocycles. The monoisotopic (exact) mass is 468 g/mol. The maximum Gasteiger partial charge on any atom is 0.338 e. The van der Waals surface area contributed by atoms with Gasteiger partial charge in [0.05, 0.1) is 31.6 Å². The summed E-state index contributed by atoms with van der Waals surface area (Å²) in [7, 11) is 1.47. The van der Waals surface area contributed by atoms with Gasteiger partial charge in [-0.3, -0.25) is 4.79 Å². The number of morpholine rings is 1. The van der Waals surface area contributed by atoms with Gasteiger partial charge in [-0.15, -0.1) is 11.3 Å². The zero-order chi connectivity index (χ0) is 23.0. The minimum Gasteiger partial charge on any atom is -0.493 e. The number of esters is 1. The van der Waals surface area contributed by atoms with Crippen LogP contribution in [0.2, 0.25) is 0 Å². The molecule has 9 heteroatoms. The molecule has 8 nitrogen and oxygen atoms in total. The fourth-order valence-corrected chi connectivity index (χ4v) is 4.08. The second kappa shape index (κ2) is 10.9. The summed E-state index contributed by atoms with van der Waals surface area (Å²) in [5, 5.41) is 2.75. The number of aromatic nitrogens is 1. The van der Waals surface area contributed by atoms with Crippen molar-refractivity contribution in [2.75, 3.05) is 40.0 Å². The van der Waals surface area contributed by atoms with Gasteiger partial charge in [-0.05, 0) is 18.2 Å². The van der Waals surface area contributed by atoms with Crippen LogP contribution in [0, 0.1) is 0 Å². The lowest BCUT2D eigenvalue weighted by Gasteiger charge is -2.26. The molecule has 0 radical (unpaired) electrons. The van der Waals surface area contributed by atoms with E-state index in [9.17, 15) is 9.59 Å². The molecule has 0 saturated carbocycles.